The maximum Gasteiger partial charge on any atom is 0.258 e. The molecule has 0 saturated heterocycles. The van der Waals surface area contributed by atoms with Crippen LogP contribution in [0.2, 0.25) is 0 Å². The van der Waals surface area contributed by atoms with Gasteiger partial charge in [-0.2, -0.15) is 0 Å². The Kier molecular flexibility index (Phi) is 5.08. The third kappa shape index (κ3) is 3.25. The van der Waals surface area contributed by atoms with E-state index in [0.717, 1.165) is 23.2 Å². The van der Waals surface area contributed by atoms with Gasteiger partial charge in [-0.05, 0) is 31.6 Å². The summed E-state index contributed by atoms with van der Waals surface area (Å²) >= 11 is 0. The van der Waals surface area contributed by atoms with Crippen LogP contribution in [0, 0.1) is 0 Å². The molecule has 2 aromatic carbocycles. The number of para-hydroxylation sites is 2. The highest BCUT2D eigenvalue weighted by Crippen LogP contribution is 2.39. The van der Waals surface area contributed by atoms with Crippen molar-refractivity contribution in [3.05, 3.63) is 53.6 Å². The van der Waals surface area contributed by atoms with Crippen molar-refractivity contribution in [2.75, 3.05) is 25.2 Å². The van der Waals surface area contributed by atoms with Gasteiger partial charge >= 0.3 is 0 Å². The molecule has 0 saturated carbocycles. The number of carbonyl (C=O) groups excluding carboxylic acids is 1. The van der Waals surface area contributed by atoms with E-state index in [2.05, 4.69) is 6.92 Å². The minimum Gasteiger partial charge on any atom is -0.490 e. The molecule has 4 nitrogen and oxygen atoms in total. The van der Waals surface area contributed by atoms with E-state index in [9.17, 15) is 4.79 Å². The number of rotatable bonds is 6. The van der Waals surface area contributed by atoms with Gasteiger partial charge in [0, 0.05) is 23.7 Å². The van der Waals surface area contributed by atoms with Crippen molar-refractivity contribution in [2.45, 2.75) is 20.3 Å². The van der Waals surface area contributed by atoms with Gasteiger partial charge in [-0.3, -0.25) is 4.79 Å². The fourth-order valence-corrected chi connectivity index (χ4v) is 2.97. The number of nitrogens with zero attached hydrogens (tertiary/aromatic N) is 1. The highest BCUT2D eigenvalue weighted by molar-refractivity contribution is 6.35. The zero-order chi connectivity index (χ0) is 17.8. The predicted octanol–water partition coefficient (Wildman–Crippen LogP) is 4.39. The number of fused-ring (bicyclic) bond motifs is 1. The van der Waals surface area contributed by atoms with Gasteiger partial charge in [0.1, 0.15) is 0 Å². The Morgan fingerprint density at radius 3 is 2.60 bits per heavy atom. The van der Waals surface area contributed by atoms with Crippen LogP contribution in [0.25, 0.3) is 11.6 Å². The summed E-state index contributed by atoms with van der Waals surface area (Å²) < 4.78 is 11.6. The van der Waals surface area contributed by atoms with E-state index < -0.39 is 0 Å². The van der Waals surface area contributed by atoms with Crippen LogP contribution in [0.5, 0.6) is 11.5 Å². The Labute approximate surface area is 148 Å². The van der Waals surface area contributed by atoms with Gasteiger partial charge in [0.15, 0.2) is 11.5 Å². The Morgan fingerprint density at radius 2 is 1.84 bits per heavy atom. The number of hydrogen-bond acceptors (Lipinski definition) is 3. The van der Waals surface area contributed by atoms with Crippen LogP contribution < -0.4 is 14.4 Å². The van der Waals surface area contributed by atoms with Gasteiger partial charge in [-0.1, -0.05) is 37.3 Å². The fraction of sp³-hybridized carbons (Fsp3) is 0.286. The zero-order valence-corrected chi connectivity index (χ0v) is 14.9. The molecule has 2 aromatic rings. The highest BCUT2D eigenvalue weighted by atomic mass is 16.5. The molecule has 0 fully saturated rings. The largest absolute Gasteiger partial charge is 0.490 e. The first-order valence-electron chi connectivity index (χ1n) is 8.65. The van der Waals surface area contributed by atoms with Crippen LogP contribution in [0.15, 0.2) is 42.5 Å². The molecule has 0 N–H and O–H groups in total. The second kappa shape index (κ2) is 7.43. The summed E-state index contributed by atoms with van der Waals surface area (Å²) in [5, 5.41) is 0. The molecule has 4 heteroatoms. The summed E-state index contributed by atoms with van der Waals surface area (Å²) in [4.78, 5) is 14.4. The molecule has 130 valence electrons. The van der Waals surface area contributed by atoms with E-state index in [0.29, 0.717) is 30.3 Å². The van der Waals surface area contributed by atoms with Crippen molar-refractivity contribution in [3.8, 4) is 11.5 Å². The number of hydrogen-bond donors (Lipinski definition) is 0. The van der Waals surface area contributed by atoms with Crippen LogP contribution in [-0.4, -0.2) is 26.2 Å². The van der Waals surface area contributed by atoms with E-state index in [1.807, 2.05) is 55.5 Å². The second-order valence-electron chi connectivity index (χ2n) is 5.90. The number of amides is 1. The Bertz CT molecular complexity index is 811. The summed E-state index contributed by atoms with van der Waals surface area (Å²) in [6.07, 6.45) is 2.80. The molecule has 1 aliphatic heterocycles. The van der Waals surface area contributed by atoms with Crippen LogP contribution in [-0.2, 0) is 4.79 Å². The van der Waals surface area contributed by atoms with Crippen LogP contribution in [0.1, 0.15) is 31.4 Å². The molecule has 0 atom stereocenters. The summed E-state index contributed by atoms with van der Waals surface area (Å²) in [5.74, 6) is 1.39. The van der Waals surface area contributed by atoms with Crippen molar-refractivity contribution in [1.29, 1.82) is 0 Å². The van der Waals surface area contributed by atoms with Crippen LogP contribution in [0.4, 0.5) is 5.69 Å². The maximum absolute atomic E-state index is 12.7. The average molecular weight is 337 g/mol. The third-order valence-corrected chi connectivity index (χ3v) is 4.15. The smallest absolute Gasteiger partial charge is 0.258 e. The normalized spacial score (nSPS) is 14.8. The van der Waals surface area contributed by atoms with E-state index in [4.69, 9.17) is 9.47 Å². The summed E-state index contributed by atoms with van der Waals surface area (Å²) in [6, 6.07) is 13.6. The first-order chi connectivity index (χ1) is 12.2. The van der Waals surface area contributed by atoms with Crippen LogP contribution in [0.3, 0.4) is 0 Å². The summed E-state index contributed by atoms with van der Waals surface area (Å²) in [5.41, 5.74) is 3.40. The Hall–Kier alpha value is -2.75. The molecule has 3 rings (SSSR count). The fourth-order valence-electron chi connectivity index (χ4n) is 2.97. The molecule has 0 bridgehead atoms. The van der Waals surface area contributed by atoms with Crippen molar-refractivity contribution in [2.24, 2.45) is 0 Å². The zero-order valence-electron chi connectivity index (χ0n) is 14.9. The van der Waals surface area contributed by atoms with Gasteiger partial charge < -0.3 is 14.4 Å². The molecule has 0 spiro atoms. The molecule has 25 heavy (non-hydrogen) atoms. The molecule has 1 heterocycles. The first-order valence-corrected chi connectivity index (χ1v) is 8.65. The van der Waals surface area contributed by atoms with Crippen molar-refractivity contribution in [1.82, 2.24) is 0 Å². The summed E-state index contributed by atoms with van der Waals surface area (Å²) in [7, 11) is 1.80. The highest BCUT2D eigenvalue weighted by Gasteiger charge is 2.29. The van der Waals surface area contributed by atoms with E-state index in [1.165, 1.54) is 0 Å². The van der Waals surface area contributed by atoms with E-state index >= 15 is 0 Å². The Balaban J connectivity index is 2.09. The number of benzene rings is 2. The minimum atomic E-state index is -0.00976. The second-order valence-corrected chi connectivity index (χ2v) is 5.90. The van der Waals surface area contributed by atoms with Crippen molar-refractivity contribution < 1.29 is 14.3 Å². The van der Waals surface area contributed by atoms with E-state index in [1.54, 1.807) is 11.9 Å². The number of ether oxygens (including phenoxy) is 2. The monoisotopic (exact) mass is 337 g/mol. The SMILES string of the molecule is CCCOc1c(/C=C2/C(=O)N(C)c3ccccc32)cccc1OCC. The molecule has 0 radical (unpaired) electrons. The first kappa shape index (κ1) is 17.1. The molecule has 0 aromatic heterocycles. The topological polar surface area (TPSA) is 38.8 Å². The molecule has 1 amide bonds. The third-order valence-electron chi connectivity index (χ3n) is 4.15. The molecular formula is C21H23NO3. The predicted molar refractivity (Wildman–Crippen MR) is 101 cm³/mol. The standard InChI is InChI=1S/C21H23NO3/c1-4-13-25-20-15(9-8-12-19(20)24-5-2)14-17-16-10-6-7-11-18(16)22(3)21(17)23/h6-12,14H,4-5,13H2,1-3H3/b17-14+. The lowest BCUT2D eigenvalue weighted by Gasteiger charge is -2.14. The molecule has 1 aliphatic rings. The van der Waals surface area contributed by atoms with E-state index in [-0.39, 0.29) is 5.91 Å². The van der Waals surface area contributed by atoms with Gasteiger partial charge in [0.25, 0.3) is 5.91 Å². The number of anilines is 1. The maximum atomic E-state index is 12.7. The Morgan fingerprint density at radius 1 is 1.04 bits per heavy atom. The quantitative estimate of drug-likeness (QED) is 0.734. The summed E-state index contributed by atoms with van der Waals surface area (Å²) in [6.45, 7) is 5.17. The average Bonchev–Trinajstić information content (AvgIpc) is 2.87. The molecule has 0 aliphatic carbocycles. The lowest BCUT2D eigenvalue weighted by molar-refractivity contribution is -0.112. The number of likely N-dealkylation sites (N-methyl/N-ethyl adjacent to an activating group) is 1. The lowest BCUT2D eigenvalue weighted by atomic mass is 10.0. The van der Waals surface area contributed by atoms with Crippen molar-refractivity contribution in [3.63, 3.8) is 0 Å². The number of carbonyl (C=O) groups is 1. The molecule has 0 unspecified atom stereocenters. The van der Waals surface area contributed by atoms with Crippen LogP contribution >= 0.6 is 0 Å². The van der Waals surface area contributed by atoms with Gasteiger partial charge in [-0.25, -0.2) is 0 Å². The lowest BCUT2D eigenvalue weighted by Crippen LogP contribution is -2.20. The minimum absolute atomic E-state index is 0.00976. The molecular weight excluding hydrogens is 314 g/mol. The van der Waals surface area contributed by atoms with Gasteiger partial charge in [0.05, 0.1) is 18.9 Å². The van der Waals surface area contributed by atoms with Gasteiger partial charge in [-0.15, -0.1) is 0 Å². The van der Waals surface area contributed by atoms with Gasteiger partial charge in [0.2, 0.25) is 0 Å². The van der Waals surface area contributed by atoms with Crippen molar-refractivity contribution >= 4 is 23.2 Å².